The smallest absolute Gasteiger partial charge is 0.323 e. The van der Waals surface area contributed by atoms with Gasteiger partial charge in [-0.15, -0.1) is 0 Å². The van der Waals surface area contributed by atoms with E-state index in [2.05, 4.69) is 0 Å². The standard InChI is InChI=1S/C14H18N2O5S/c17-13(7-9-15-8-4-10-22(15,20)21)16(11-14(18)19)12-5-2-1-3-6-12/h1-3,5-6H,4,7-11H2,(H,18,19). The highest BCUT2D eigenvalue weighted by Gasteiger charge is 2.29. The average Bonchev–Trinajstić information content (AvgIpc) is 2.81. The Morgan fingerprint density at radius 3 is 2.45 bits per heavy atom. The number of nitrogens with zero attached hydrogens (tertiary/aromatic N) is 2. The van der Waals surface area contributed by atoms with Crippen molar-refractivity contribution in [3.63, 3.8) is 0 Å². The number of carbonyl (C=O) groups is 2. The summed E-state index contributed by atoms with van der Waals surface area (Å²) in [5.41, 5.74) is 0.485. The molecule has 1 fully saturated rings. The van der Waals surface area contributed by atoms with Crippen molar-refractivity contribution in [3.8, 4) is 0 Å². The highest BCUT2D eigenvalue weighted by atomic mass is 32.2. The fourth-order valence-electron chi connectivity index (χ4n) is 2.36. The maximum Gasteiger partial charge on any atom is 0.323 e. The summed E-state index contributed by atoms with van der Waals surface area (Å²) in [6.07, 6.45) is 0.523. The van der Waals surface area contributed by atoms with Gasteiger partial charge in [0.1, 0.15) is 6.54 Å². The lowest BCUT2D eigenvalue weighted by atomic mass is 10.2. The number of sulfonamides is 1. The second-order valence-corrected chi connectivity index (χ2v) is 7.12. The Labute approximate surface area is 129 Å². The SMILES string of the molecule is O=C(O)CN(C(=O)CCN1CCCS1(=O)=O)c1ccccc1. The molecule has 7 nitrogen and oxygen atoms in total. The number of hydrogen-bond donors (Lipinski definition) is 1. The van der Waals surface area contributed by atoms with Crippen molar-refractivity contribution in [3.05, 3.63) is 30.3 Å². The number of rotatable bonds is 6. The lowest BCUT2D eigenvalue weighted by molar-refractivity contribution is -0.136. The Balaban J connectivity index is 2.05. The van der Waals surface area contributed by atoms with E-state index in [0.29, 0.717) is 18.7 Å². The lowest BCUT2D eigenvalue weighted by Crippen LogP contribution is -2.38. The zero-order valence-corrected chi connectivity index (χ0v) is 12.8. The van der Waals surface area contributed by atoms with Crippen molar-refractivity contribution in [1.82, 2.24) is 4.31 Å². The summed E-state index contributed by atoms with van der Waals surface area (Å²) in [5.74, 6) is -1.42. The molecule has 22 heavy (non-hydrogen) atoms. The second-order valence-electron chi connectivity index (χ2n) is 5.03. The van der Waals surface area contributed by atoms with Gasteiger partial charge in [0.05, 0.1) is 5.75 Å². The molecule has 0 saturated carbocycles. The summed E-state index contributed by atoms with van der Waals surface area (Å²) >= 11 is 0. The number of para-hydroxylation sites is 1. The van der Waals surface area contributed by atoms with E-state index >= 15 is 0 Å². The third-order valence-corrected chi connectivity index (χ3v) is 5.40. The Bertz CT molecular complexity index is 644. The number of benzene rings is 1. The number of hydrogen-bond acceptors (Lipinski definition) is 4. The van der Waals surface area contributed by atoms with Crippen LogP contribution in [0.5, 0.6) is 0 Å². The number of anilines is 1. The van der Waals surface area contributed by atoms with Crippen LogP contribution in [0.4, 0.5) is 5.69 Å². The number of aliphatic carboxylic acids is 1. The molecule has 1 N–H and O–H groups in total. The van der Waals surface area contributed by atoms with Gasteiger partial charge < -0.3 is 10.0 Å². The summed E-state index contributed by atoms with van der Waals surface area (Å²) < 4.78 is 24.7. The molecule has 0 aliphatic carbocycles. The van der Waals surface area contributed by atoms with Crippen LogP contribution >= 0.6 is 0 Å². The first-order valence-electron chi connectivity index (χ1n) is 6.95. The zero-order valence-electron chi connectivity index (χ0n) is 12.0. The van der Waals surface area contributed by atoms with E-state index in [1.807, 2.05) is 0 Å². The van der Waals surface area contributed by atoms with Crippen molar-refractivity contribution in [2.75, 3.05) is 30.3 Å². The molecular weight excluding hydrogens is 308 g/mol. The van der Waals surface area contributed by atoms with Crippen molar-refractivity contribution in [1.29, 1.82) is 0 Å². The first kappa shape index (κ1) is 16.4. The molecule has 8 heteroatoms. The lowest BCUT2D eigenvalue weighted by Gasteiger charge is -2.22. The largest absolute Gasteiger partial charge is 0.480 e. The second kappa shape index (κ2) is 6.89. The molecule has 0 bridgehead atoms. The summed E-state index contributed by atoms with van der Waals surface area (Å²) in [6, 6.07) is 8.48. The zero-order chi connectivity index (χ0) is 16.2. The molecule has 1 aliphatic rings. The molecule has 0 aromatic heterocycles. The minimum absolute atomic E-state index is 0.0403. The molecule has 1 amide bonds. The maximum atomic E-state index is 12.3. The quantitative estimate of drug-likeness (QED) is 0.823. The van der Waals surface area contributed by atoms with Gasteiger partial charge in [-0.25, -0.2) is 12.7 Å². The molecular formula is C14H18N2O5S. The molecule has 0 radical (unpaired) electrons. The fraction of sp³-hybridized carbons (Fsp3) is 0.429. The molecule has 2 rings (SSSR count). The van der Waals surface area contributed by atoms with Crippen LogP contribution in [-0.4, -0.2) is 55.1 Å². The van der Waals surface area contributed by atoms with Crippen LogP contribution in [-0.2, 0) is 19.6 Å². The van der Waals surface area contributed by atoms with Crippen molar-refractivity contribution < 1.29 is 23.1 Å². The van der Waals surface area contributed by atoms with Crippen LogP contribution in [0.2, 0.25) is 0 Å². The minimum atomic E-state index is -3.25. The molecule has 1 aromatic rings. The van der Waals surface area contributed by atoms with E-state index in [0.717, 1.165) is 4.90 Å². The van der Waals surface area contributed by atoms with Gasteiger partial charge in [-0.2, -0.15) is 0 Å². The van der Waals surface area contributed by atoms with Gasteiger partial charge in [0.25, 0.3) is 0 Å². The third-order valence-electron chi connectivity index (χ3n) is 3.44. The predicted octanol–water partition coefficient (Wildman–Crippen LogP) is 0.530. The molecule has 1 saturated heterocycles. The average molecular weight is 326 g/mol. The maximum absolute atomic E-state index is 12.3. The first-order valence-corrected chi connectivity index (χ1v) is 8.56. The summed E-state index contributed by atoms with van der Waals surface area (Å²) in [6.45, 7) is 0.0552. The van der Waals surface area contributed by atoms with Gasteiger partial charge in [-0.05, 0) is 18.6 Å². The number of carbonyl (C=O) groups excluding carboxylic acids is 1. The number of carboxylic acids is 1. The molecule has 0 unspecified atom stereocenters. The van der Waals surface area contributed by atoms with Gasteiger partial charge in [0.15, 0.2) is 0 Å². The van der Waals surface area contributed by atoms with E-state index in [4.69, 9.17) is 5.11 Å². The monoisotopic (exact) mass is 326 g/mol. The molecule has 0 atom stereocenters. The van der Waals surface area contributed by atoms with E-state index in [-0.39, 0.29) is 18.7 Å². The molecule has 1 aliphatic heterocycles. The number of carboxylic acid groups (broad SMARTS) is 1. The van der Waals surface area contributed by atoms with Gasteiger partial charge >= 0.3 is 5.97 Å². The Morgan fingerprint density at radius 2 is 1.91 bits per heavy atom. The topological polar surface area (TPSA) is 95.0 Å². The predicted molar refractivity (Wildman–Crippen MR) is 81.0 cm³/mol. The Kier molecular flexibility index (Phi) is 5.15. The van der Waals surface area contributed by atoms with E-state index in [1.54, 1.807) is 30.3 Å². The van der Waals surface area contributed by atoms with E-state index in [9.17, 15) is 18.0 Å². The fourth-order valence-corrected chi connectivity index (χ4v) is 3.89. The van der Waals surface area contributed by atoms with Crippen LogP contribution in [0.1, 0.15) is 12.8 Å². The Hall–Kier alpha value is -1.93. The van der Waals surface area contributed by atoms with Crippen LogP contribution in [0.3, 0.4) is 0 Å². The minimum Gasteiger partial charge on any atom is -0.480 e. The van der Waals surface area contributed by atoms with Gasteiger partial charge in [-0.3, -0.25) is 9.59 Å². The summed E-state index contributed by atoms with van der Waals surface area (Å²) in [5, 5.41) is 8.96. The summed E-state index contributed by atoms with van der Waals surface area (Å²) in [7, 11) is -3.25. The van der Waals surface area contributed by atoms with E-state index in [1.165, 1.54) is 4.31 Å². The van der Waals surface area contributed by atoms with Crippen LogP contribution < -0.4 is 4.90 Å². The van der Waals surface area contributed by atoms with Crippen LogP contribution in [0, 0.1) is 0 Å². The van der Waals surface area contributed by atoms with Crippen molar-refractivity contribution in [2.24, 2.45) is 0 Å². The van der Waals surface area contributed by atoms with Crippen molar-refractivity contribution >= 4 is 27.6 Å². The van der Waals surface area contributed by atoms with Gasteiger partial charge in [0.2, 0.25) is 15.9 Å². The van der Waals surface area contributed by atoms with E-state index < -0.39 is 28.4 Å². The molecule has 120 valence electrons. The number of amides is 1. The van der Waals surface area contributed by atoms with Gasteiger partial charge in [0, 0.05) is 25.2 Å². The highest BCUT2D eigenvalue weighted by molar-refractivity contribution is 7.89. The molecule has 1 heterocycles. The highest BCUT2D eigenvalue weighted by Crippen LogP contribution is 2.17. The van der Waals surface area contributed by atoms with Crippen LogP contribution in [0.25, 0.3) is 0 Å². The normalized spacial score (nSPS) is 17.3. The van der Waals surface area contributed by atoms with Crippen LogP contribution in [0.15, 0.2) is 30.3 Å². The summed E-state index contributed by atoms with van der Waals surface area (Å²) in [4.78, 5) is 24.4. The van der Waals surface area contributed by atoms with Crippen molar-refractivity contribution in [2.45, 2.75) is 12.8 Å². The Morgan fingerprint density at radius 1 is 1.23 bits per heavy atom. The molecule has 0 spiro atoms. The van der Waals surface area contributed by atoms with Gasteiger partial charge in [-0.1, -0.05) is 18.2 Å². The first-order chi connectivity index (χ1) is 10.4. The third kappa shape index (κ3) is 4.05. The molecule has 1 aromatic carbocycles.